The molecule has 2 rings (SSSR count). The summed E-state index contributed by atoms with van der Waals surface area (Å²) in [6.07, 6.45) is -4.88. The molecular formula is C14H7ClF5NO2. The number of rotatable bonds is 2. The van der Waals surface area contributed by atoms with E-state index in [1.807, 2.05) is 0 Å². The summed E-state index contributed by atoms with van der Waals surface area (Å²) in [5, 5.41) is -0.342. The zero-order chi connectivity index (χ0) is 17.4. The van der Waals surface area contributed by atoms with Gasteiger partial charge in [-0.2, -0.15) is 13.2 Å². The van der Waals surface area contributed by atoms with Gasteiger partial charge in [0.25, 0.3) is 0 Å². The molecule has 3 nitrogen and oxygen atoms in total. The lowest BCUT2D eigenvalue weighted by Gasteiger charge is -2.11. The van der Waals surface area contributed by atoms with E-state index in [-0.39, 0.29) is 10.6 Å². The fourth-order valence-corrected chi connectivity index (χ4v) is 2.02. The van der Waals surface area contributed by atoms with Gasteiger partial charge in [-0.3, -0.25) is 0 Å². The van der Waals surface area contributed by atoms with E-state index in [1.54, 1.807) is 0 Å². The fourth-order valence-electron chi connectivity index (χ4n) is 1.80. The highest BCUT2D eigenvalue weighted by Gasteiger charge is 2.34. The lowest BCUT2D eigenvalue weighted by molar-refractivity contribution is -0.139. The summed E-state index contributed by atoms with van der Waals surface area (Å²) in [7, 11) is 1.04. The summed E-state index contributed by atoms with van der Waals surface area (Å²) in [6.45, 7) is 0. The zero-order valence-corrected chi connectivity index (χ0v) is 12.1. The van der Waals surface area contributed by atoms with E-state index in [0.29, 0.717) is 12.1 Å². The van der Waals surface area contributed by atoms with E-state index in [2.05, 4.69) is 9.72 Å². The molecule has 0 radical (unpaired) electrons. The number of benzene rings is 1. The molecule has 0 saturated carbocycles. The van der Waals surface area contributed by atoms with E-state index in [1.165, 1.54) is 0 Å². The van der Waals surface area contributed by atoms with Crippen molar-refractivity contribution in [3.05, 3.63) is 52.2 Å². The van der Waals surface area contributed by atoms with Crippen LogP contribution in [-0.4, -0.2) is 18.1 Å². The minimum absolute atomic E-state index is 0.283. The minimum Gasteiger partial charge on any atom is -0.464 e. The number of esters is 1. The minimum atomic E-state index is -4.88. The van der Waals surface area contributed by atoms with Gasteiger partial charge in [0.1, 0.15) is 11.5 Å². The number of carbonyl (C=O) groups is 1. The molecule has 1 aromatic heterocycles. The van der Waals surface area contributed by atoms with Gasteiger partial charge in [0.15, 0.2) is 11.5 Å². The highest BCUT2D eigenvalue weighted by Crippen LogP contribution is 2.34. The summed E-state index contributed by atoms with van der Waals surface area (Å²) in [5.41, 5.74) is -2.74. The lowest BCUT2D eigenvalue weighted by Crippen LogP contribution is -2.09. The predicted molar refractivity (Wildman–Crippen MR) is 70.9 cm³/mol. The number of hydrogen-bond donors (Lipinski definition) is 0. The van der Waals surface area contributed by atoms with Crippen LogP contribution in [0.4, 0.5) is 22.0 Å². The highest BCUT2D eigenvalue weighted by atomic mass is 35.5. The van der Waals surface area contributed by atoms with Crippen molar-refractivity contribution in [2.24, 2.45) is 0 Å². The van der Waals surface area contributed by atoms with Crippen LogP contribution in [0.2, 0.25) is 5.02 Å². The van der Waals surface area contributed by atoms with Crippen LogP contribution in [0.1, 0.15) is 16.1 Å². The Morgan fingerprint density at radius 3 is 2.35 bits per heavy atom. The number of hydrogen-bond acceptors (Lipinski definition) is 3. The second-order valence-electron chi connectivity index (χ2n) is 4.33. The van der Waals surface area contributed by atoms with Gasteiger partial charge in [0.2, 0.25) is 0 Å². The van der Waals surface area contributed by atoms with E-state index in [4.69, 9.17) is 11.6 Å². The van der Waals surface area contributed by atoms with Gasteiger partial charge in [-0.05, 0) is 18.2 Å². The van der Waals surface area contributed by atoms with Crippen molar-refractivity contribution in [1.82, 2.24) is 4.98 Å². The first kappa shape index (κ1) is 17.1. The van der Waals surface area contributed by atoms with Crippen molar-refractivity contribution >= 4 is 17.6 Å². The molecule has 0 spiro atoms. The van der Waals surface area contributed by atoms with Crippen LogP contribution in [0.3, 0.4) is 0 Å². The molecule has 0 aliphatic rings. The molecule has 0 saturated heterocycles. The van der Waals surface area contributed by atoms with Crippen molar-refractivity contribution in [2.45, 2.75) is 6.18 Å². The van der Waals surface area contributed by atoms with Gasteiger partial charge in [0, 0.05) is 5.56 Å². The number of halogens is 6. The van der Waals surface area contributed by atoms with Gasteiger partial charge in [-0.25, -0.2) is 18.6 Å². The van der Waals surface area contributed by atoms with E-state index < -0.39 is 40.7 Å². The molecule has 1 heterocycles. The summed E-state index contributed by atoms with van der Waals surface area (Å²) >= 11 is 5.65. The first-order valence-electron chi connectivity index (χ1n) is 5.96. The quantitative estimate of drug-likeness (QED) is 0.591. The summed E-state index contributed by atoms with van der Waals surface area (Å²) in [6, 6.07) is 2.51. The molecular weight excluding hydrogens is 345 g/mol. The maximum Gasteiger partial charge on any atom is 0.419 e. The number of aromatic nitrogens is 1. The number of ether oxygens (including phenoxy) is 1. The Labute approximate surface area is 131 Å². The maximum absolute atomic E-state index is 13.9. The number of alkyl halides is 3. The molecule has 0 bridgehead atoms. The second kappa shape index (κ2) is 6.11. The largest absolute Gasteiger partial charge is 0.464 e. The van der Waals surface area contributed by atoms with Crippen molar-refractivity contribution in [2.75, 3.05) is 7.11 Å². The Balaban J connectivity index is 2.59. The third-order valence-electron chi connectivity index (χ3n) is 2.86. The standard InChI is InChI=1S/C14H7ClF5NO2/c1-23-13(22)12-8(15)5-10(17)11(21-12)6-2-3-7(9(16)4-6)14(18,19)20/h2-5H,1H3. The molecule has 9 heteroatoms. The third-order valence-corrected chi connectivity index (χ3v) is 3.14. The number of methoxy groups -OCH3 is 1. The maximum atomic E-state index is 13.9. The predicted octanol–water partition coefficient (Wildman–Crippen LogP) is 4.49. The Morgan fingerprint density at radius 2 is 1.83 bits per heavy atom. The molecule has 0 unspecified atom stereocenters. The SMILES string of the molecule is COC(=O)c1nc(-c2ccc(C(F)(F)F)c(F)c2)c(F)cc1Cl. The Kier molecular flexibility index (Phi) is 4.56. The van der Waals surface area contributed by atoms with Crippen LogP contribution < -0.4 is 0 Å². The smallest absolute Gasteiger partial charge is 0.419 e. The summed E-state index contributed by atoms with van der Waals surface area (Å²) in [4.78, 5) is 15.1. The first-order chi connectivity index (χ1) is 10.6. The van der Waals surface area contributed by atoms with E-state index in [0.717, 1.165) is 19.2 Å². The van der Waals surface area contributed by atoms with Crippen molar-refractivity contribution in [3.8, 4) is 11.3 Å². The lowest BCUT2D eigenvalue weighted by atomic mass is 10.1. The van der Waals surface area contributed by atoms with Crippen molar-refractivity contribution < 1.29 is 31.5 Å². The van der Waals surface area contributed by atoms with Gasteiger partial charge >= 0.3 is 12.1 Å². The second-order valence-corrected chi connectivity index (χ2v) is 4.74. The number of carbonyl (C=O) groups excluding carboxylic acids is 1. The van der Waals surface area contributed by atoms with E-state index in [9.17, 15) is 26.7 Å². The van der Waals surface area contributed by atoms with Crippen LogP contribution >= 0.6 is 11.6 Å². The molecule has 2 aromatic rings. The van der Waals surface area contributed by atoms with Gasteiger partial charge in [0.05, 0.1) is 17.7 Å². The Morgan fingerprint density at radius 1 is 1.17 bits per heavy atom. The highest BCUT2D eigenvalue weighted by molar-refractivity contribution is 6.33. The molecule has 0 N–H and O–H groups in total. The Hall–Kier alpha value is -2.22. The fraction of sp³-hybridized carbons (Fsp3) is 0.143. The monoisotopic (exact) mass is 351 g/mol. The summed E-state index contributed by atoms with van der Waals surface area (Å²) in [5.74, 6) is -3.59. The summed E-state index contributed by atoms with van der Waals surface area (Å²) < 4.78 is 69.5. The molecule has 0 amide bonds. The molecule has 0 fully saturated rings. The normalized spacial score (nSPS) is 11.4. The zero-order valence-electron chi connectivity index (χ0n) is 11.3. The van der Waals surface area contributed by atoms with Gasteiger partial charge < -0.3 is 4.74 Å². The molecule has 0 atom stereocenters. The van der Waals surface area contributed by atoms with Crippen LogP contribution in [0, 0.1) is 11.6 Å². The van der Waals surface area contributed by atoms with Crippen LogP contribution in [-0.2, 0) is 10.9 Å². The number of nitrogens with zero attached hydrogens (tertiary/aromatic N) is 1. The number of pyridine rings is 1. The average molecular weight is 352 g/mol. The van der Waals surface area contributed by atoms with Gasteiger partial charge in [-0.15, -0.1) is 0 Å². The Bertz CT molecular complexity index is 776. The average Bonchev–Trinajstić information content (AvgIpc) is 2.45. The molecule has 122 valence electrons. The third kappa shape index (κ3) is 3.42. The molecule has 23 heavy (non-hydrogen) atoms. The van der Waals surface area contributed by atoms with Crippen molar-refractivity contribution in [3.63, 3.8) is 0 Å². The first-order valence-corrected chi connectivity index (χ1v) is 6.34. The van der Waals surface area contributed by atoms with Crippen LogP contribution in [0.15, 0.2) is 24.3 Å². The van der Waals surface area contributed by atoms with Crippen LogP contribution in [0.25, 0.3) is 11.3 Å². The van der Waals surface area contributed by atoms with Crippen molar-refractivity contribution in [1.29, 1.82) is 0 Å². The topological polar surface area (TPSA) is 39.2 Å². The molecule has 1 aromatic carbocycles. The molecule has 0 aliphatic carbocycles. The van der Waals surface area contributed by atoms with Gasteiger partial charge in [-0.1, -0.05) is 17.7 Å². The van der Waals surface area contributed by atoms with Crippen LogP contribution in [0.5, 0.6) is 0 Å². The van der Waals surface area contributed by atoms with E-state index >= 15 is 0 Å². The molecule has 0 aliphatic heterocycles.